The molecule has 1 saturated heterocycles. The molecule has 1 heterocycles. The number of likely N-dealkylation sites (tertiary alicyclic amines) is 1. The van der Waals surface area contributed by atoms with E-state index in [-0.39, 0.29) is 29.8 Å². The van der Waals surface area contributed by atoms with Crippen molar-refractivity contribution in [3.63, 3.8) is 0 Å². The molecular weight excluding hydrogens is 255 g/mol. The Labute approximate surface area is 110 Å². The van der Waals surface area contributed by atoms with Gasteiger partial charge in [0.1, 0.15) is 5.82 Å². The van der Waals surface area contributed by atoms with Crippen molar-refractivity contribution in [2.45, 2.75) is 37.4 Å². The Morgan fingerprint density at radius 1 is 1.39 bits per heavy atom. The van der Waals surface area contributed by atoms with Gasteiger partial charge in [-0.3, -0.25) is 4.79 Å². The zero-order valence-electron chi connectivity index (χ0n) is 9.77. The topological polar surface area (TPSA) is 46.3 Å². The maximum Gasteiger partial charge on any atom is 0.225 e. The lowest BCUT2D eigenvalue weighted by molar-refractivity contribution is -0.129. The number of carbonyl (C=O) groups is 1. The molecule has 3 nitrogen and oxygen atoms in total. The van der Waals surface area contributed by atoms with Gasteiger partial charge in [-0.05, 0) is 25.0 Å². The van der Waals surface area contributed by atoms with Crippen molar-refractivity contribution in [1.82, 2.24) is 4.90 Å². The summed E-state index contributed by atoms with van der Waals surface area (Å²) in [5.74, 6) is -0.354. The molecule has 2 atom stereocenters. The third-order valence-corrected chi connectivity index (χ3v) is 3.86. The van der Waals surface area contributed by atoms with Crippen molar-refractivity contribution in [1.29, 1.82) is 0 Å². The van der Waals surface area contributed by atoms with Gasteiger partial charge < -0.3 is 10.6 Å². The SMILES string of the molecule is NC1CC(=O)N(C2CC2)C1c1ccc(Cl)cc1F. The molecule has 2 fully saturated rings. The number of hydrogen-bond donors (Lipinski definition) is 1. The smallest absolute Gasteiger partial charge is 0.225 e. The zero-order valence-corrected chi connectivity index (χ0v) is 10.5. The van der Waals surface area contributed by atoms with Crippen LogP contribution in [0.4, 0.5) is 4.39 Å². The normalized spacial score (nSPS) is 27.9. The van der Waals surface area contributed by atoms with Crippen molar-refractivity contribution in [2.24, 2.45) is 5.73 Å². The molecule has 0 spiro atoms. The second kappa shape index (κ2) is 4.21. The molecule has 1 aliphatic carbocycles. The molecule has 96 valence electrons. The molecule has 1 amide bonds. The number of benzene rings is 1. The molecule has 1 aromatic rings. The summed E-state index contributed by atoms with van der Waals surface area (Å²) in [6.45, 7) is 0. The molecule has 0 bridgehead atoms. The third-order valence-electron chi connectivity index (χ3n) is 3.62. The van der Waals surface area contributed by atoms with Crippen LogP contribution in [0.1, 0.15) is 30.9 Å². The number of carbonyl (C=O) groups excluding carboxylic acids is 1. The summed E-state index contributed by atoms with van der Waals surface area (Å²) in [7, 11) is 0. The highest BCUT2D eigenvalue weighted by Crippen LogP contribution is 2.41. The Bertz CT molecular complexity index is 504. The highest BCUT2D eigenvalue weighted by molar-refractivity contribution is 6.30. The maximum atomic E-state index is 14.0. The largest absolute Gasteiger partial charge is 0.331 e. The summed E-state index contributed by atoms with van der Waals surface area (Å²) in [4.78, 5) is 13.7. The number of rotatable bonds is 2. The number of hydrogen-bond acceptors (Lipinski definition) is 2. The second-order valence-corrected chi connectivity index (χ2v) is 5.45. The Morgan fingerprint density at radius 3 is 2.72 bits per heavy atom. The van der Waals surface area contributed by atoms with Gasteiger partial charge in [-0.1, -0.05) is 17.7 Å². The van der Waals surface area contributed by atoms with Crippen LogP contribution >= 0.6 is 11.6 Å². The van der Waals surface area contributed by atoms with Crippen LogP contribution in [0.5, 0.6) is 0 Å². The van der Waals surface area contributed by atoms with E-state index in [0.29, 0.717) is 17.0 Å². The minimum Gasteiger partial charge on any atom is -0.331 e. The van der Waals surface area contributed by atoms with Crippen LogP contribution in [0.25, 0.3) is 0 Å². The van der Waals surface area contributed by atoms with E-state index in [1.54, 1.807) is 17.0 Å². The molecule has 18 heavy (non-hydrogen) atoms. The van der Waals surface area contributed by atoms with Crippen LogP contribution in [0, 0.1) is 5.82 Å². The summed E-state index contributed by atoms with van der Waals surface area (Å²) in [5.41, 5.74) is 6.48. The molecular formula is C13H14ClFN2O. The van der Waals surface area contributed by atoms with Gasteiger partial charge in [0.2, 0.25) is 5.91 Å². The molecule has 0 aromatic heterocycles. The van der Waals surface area contributed by atoms with Crippen LogP contribution < -0.4 is 5.73 Å². The molecule has 0 radical (unpaired) electrons. The number of nitrogens with two attached hydrogens (primary N) is 1. The number of halogens is 2. The first-order chi connectivity index (χ1) is 8.58. The molecule has 2 N–H and O–H groups in total. The van der Waals surface area contributed by atoms with Gasteiger partial charge in [0.25, 0.3) is 0 Å². The van der Waals surface area contributed by atoms with E-state index in [1.165, 1.54) is 6.07 Å². The lowest BCUT2D eigenvalue weighted by Crippen LogP contribution is -2.35. The highest BCUT2D eigenvalue weighted by Gasteiger charge is 2.46. The minimum absolute atomic E-state index is 0.0318. The maximum absolute atomic E-state index is 14.0. The monoisotopic (exact) mass is 268 g/mol. The molecule has 3 rings (SSSR count). The quantitative estimate of drug-likeness (QED) is 0.894. The average molecular weight is 269 g/mol. The lowest BCUT2D eigenvalue weighted by Gasteiger charge is -2.27. The van der Waals surface area contributed by atoms with Crippen LogP contribution in [-0.2, 0) is 4.79 Å². The Balaban J connectivity index is 2.00. The summed E-state index contributed by atoms with van der Waals surface area (Å²) in [6.07, 6.45) is 2.28. The van der Waals surface area contributed by atoms with Crippen LogP contribution in [0.3, 0.4) is 0 Å². The third kappa shape index (κ3) is 1.89. The first-order valence-electron chi connectivity index (χ1n) is 6.09. The van der Waals surface area contributed by atoms with Gasteiger partial charge in [0, 0.05) is 29.1 Å². The standard InChI is InChI=1S/C13H14ClFN2O/c14-7-1-4-9(10(15)5-7)13-11(16)6-12(18)17(13)8-2-3-8/h1,4-5,8,11,13H,2-3,6,16H2. The zero-order chi connectivity index (χ0) is 12.9. The van der Waals surface area contributed by atoms with Crippen molar-refractivity contribution in [3.8, 4) is 0 Å². The van der Waals surface area contributed by atoms with E-state index < -0.39 is 0 Å². The highest BCUT2D eigenvalue weighted by atomic mass is 35.5. The Hall–Kier alpha value is -1.13. The fourth-order valence-corrected chi connectivity index (χ4v) is 2.84. The summed E-state index contributed by atoms with van der Waals surface area (Å²) >= 11 is 5.75. The molecule has 1 aliphatic heterocycles. The van der Waals surface area contributed by atoms with E-state index in [1.807, 2.05) is 0 Å². The van der Waals surface area contributed by atoms with Gasteiger partial charge in [-0.25, -0.2) is 4.39 Å². The van der Waals surface area contributed by atoms with Crippen molar-refractivity contribution >= 4 is 17.5 Å². The van der Waals surface area contributed by atoms with Gasteiger partial charge in [-0.2, -0.15) is 0 Å². The number of nitrogens with zero attached hydrogens (tertiary/aromatic N) is 1. The first kappa shape index (κ1) is 11.9. The number of amides is 1. The van der Waals surface area contributed by atoms with Crippen LogP contribution in [-0.4, -0.2) is 22.9 Å². The minimum atomic E-state index is -0.386. The van der Waals surface area contributed by atoms with E-state index in [4.69, 9.17) is 17.3 Å². The van der Waals surface area contributed by atoms with Gasteiger partial charge >= 0.3 is 0 Å². The van der Waals surface area contributed by atoms with Crippen molar-refractivity contribution < 1.29 is 9.18 Å². The first-order valence-corrected chi connectivity index (χ1v) is 6.47. The van der Waals surface area contributed by atoms with Crippen LogP contribution in [0.2, 0.25) is 5.02 Å². The summed E-state index contributed by atoms with van der Waals surface area (Å²) in [6, 6.07) is 4.11. The van der Waals surface area contributed by atoms with E-state index in [2.05, 4.69) is 0 Å². The lowest BCUT2D eigenvalue weighted by atomic mass is 10.00. The van der Waals surface area contributed by atoms with E-state index >= 15 is 0 Å². The second-order valence-electron chi connectivity index (χ2n) is 5.01. The molecule has 1 saturated carbocycles. The fraction of sp³-hybridized carbons (Fsp3) is 0.462. The fourth-order valence-electron chi connectivity index (χ4n) is 2.69. The van der Waals surface area contributed by atoms with E-state index in [9.17, 15) is 9.18 Å². The van der Waals surface area contributed by atoms with Crippen LogP contribution in [0.15, 0.2) is 18.2 Å². The molecule has 2 aliphatic rings. The van der Waals surface area contributed by atoms with Crippen molar-refractivity contribution in [3.05, 3.63) is 34.6 Å². The Morgan fingerprint density at radius 2 is 2.11 bits per heavy atom. The van der Waals surface area contributed by atoms with Gasteiger partial charge in [-0.15, -0.1) is 0 Å². The van der Waals surface area contributed by atoms with E-state index in [0.717, 1.165) is 12.8 Å². The van der Waals surface area contributed by atoms with Crippen molar-refractivity contribution in [2.75, 3.05) is 0 Å². The van der Waals surface area contributed by atoms with Gasteiger partial charge in [0.15, 0.2) is 0 Å². The summed E-state index contributed by atoms with van der Waals surface area (Å²) in [5, 5.41) is 0.354. The predicted molar refractivity (Wildman–Crippen MR) is 66.6 cm³/mol. The molecule has 1 aromatic carbocycles. The summed E-state index contributed by atoms with van der Waals surface area (Å²) < 4.78 is 14.0. The Kier molecular flexibility index (Phi) is 2.79. The average Bonchev–Trinajstić information content (AvgIpc) is 3.06. The van der Waals surface area contributed by atoms with Gasteiger partial charge in [0.05, 0.1) is 6.04 Å². The molecule has 2 unspecified atom stereocenters. The predicted octanol–water partition coefficient (Wildman–Crippen LogP) is 2.24. The molecule has 5 heteroatoms.